The van der Waals surface area contributed by atoms with E-state index in [9.17, 15) is 13.8 Å². The van der Waals surface area contributed by atoms with Gasteiger partial charge in [0.15, 0.2) is 0 Å². The van der Waals surface area contributed by atoms with Crippen LogP contribution in [0.4, 0.5) is 0 Å². The third-order valence-corrected chi connectivity index (χ3v) is 4.32. The van der Waals surface area contributed by atoms with Crippen molar-refractivity contribution < 1.29 is 23.3 Å². The molecule has 1 atom stereocenters. The molecule has 122 valence electrons. The summed E-state index contributed by atoms with van der Waals surface area (Å²) in [5.41, 5.74) is 0.992. The van der Waals surface area contributed by atoms with Crippen molar-refractivity contribution in [3.8, 4) is 0 Å². The van der Waals surface area contributed by atoms with E-state index in [1.54, 1.807) is 7.05 Å². The van der Waals surface area contributed by atoms with Crippen molar-refractivity contribution in [3.05, 3.63) is 59.5 Å². The number of carbonyl (C=O) groups is 2. The Labute approximate surface area is 136 Å². The molecule has 1 aromatic heterocycles. The molecule has 0 radical (unpaired) electrons. The SMILES string of the molecule is CN(Cc1ccccc1)C(=O)CS(=O)Cc1ccc(C(=O)O)o1. The molecule has 2 aromatic rings. The lowest BCUT2D eigenvalue weighted by Crippen LogP contribution is -2.30. The molecule has 1 aromatic carbocycles. The molecule has 0 aliphatic rings. The maximum atomic E-state index is 12.1. The number of benzene rings is 1. The summed E-state index contributed by atoms with van der Waals surface area (Å²) in [5.74, 6) is -1.45. The summed E-state index contributed by atoms with van der Waals surface area (Å²) in [6.45, 7) is 0.445. The van der Waals surface area contributed by atoms with Gasteiger partial charge in [0.1, 0.15) is 11.5 Å². The lowest BCUT2D eigenvalue weighted by molar-refractivity contribution is -0.127. The van der Waals surface area contributed by atoms with Crippen LogP contribution in [0.5, 0.6) is 0 Å². The highest BCUT2D eigenvalue weighted by Crippen LogP contribution is 2.11. The number of hydrogen-bond acceptors (Lipinski definition) is 4. The number of hydrogen-bond donors (Lipinski definition) is 1. The van der Waals surface area contributed by atoms with Crippen LogP contribution in [-0.2, 0) is 27.9 Å². The Balaban J connectivity index is 1.86. The standard InChI is InChI=1S/C16H17NO5S/c1-17(9-12-5-3-2-4-6-12)15(18)11-23(21)10-13-7-8-14(22-13)16(19)20/h2-8H,9-11H2,1H3,(H,19,20). The Morgan fingerprint density at radius 3 is 2.48 bits per heavy atom. The van der Waals surface area contributed by atoms with Crippen LogP contribution in [0.2, 0.25) is 0 Å². The van der Waals surface area contributed by atoms with E-state index in [-0.39, 0.29) is 23.2 Å². The monoisotopic (exact) mass is 335 g/mol. The van der Waals surface area contributed by atoms with E-state index in [0.29, 0.717) is 12.3 Å². The first-order valence-electron chi connectivity index (χ1n) is 6.90. The molecule has 23 heavy (non-hydrogen) atoms. The van der Waals surface area contributed by atoms with Crippen LogP contribution in [0.3, 0.4) is 0 Å². The number of carboxylic acids is 1. The first-order chi connectivity index (χ1) is 11.0. The van der Waals surface area contributed by atoms with Gasteiger partial charge in [-0.25, -0.2) is 4.79 Å². The van der Waals surface area contributed by atoms with Crippen molar-refractivity contribution >= 4 is 22.7 Å². The highest BCUT2D eigenvalue weighted by molar-refractivity contribution is 7.84. The van der Waals surface area contributed by atoms with Crippen LogP contribution in [0.25, 0.3) is 0 Å². The zero-order valence-electron chi connectivity index (χ0n) is 12.6. The van der Waals surface area contributed by atoms with Gasteiger partial charge in [0, 0.05) is 24.4 Å². The summed E-state index contributed by atoms with van der Waals surface area (Å²) in [6.07, 6.45) is 0. The molecule has 0 aliphatic carbocycles. The molecule has 1 heterocycles. The van der Waals surface area contributed by atoms with Gasteiger partial charge in [-0.3, -0.25) is 9.00 Å². The van der Waals surface area contributed by atoms with Gasteiger partial charge in [-0.1, -0.05) is 30.3 Å². The van der Waals surface area contributed by atoms with Crippen LogP contribution in [0.1, 0.15) is 21.9 Å². The van der Waals surface area contributed by atoms with Crippen LogP contribution >= 0.6 is 0 Å². The van der Waals surface area contributed by atoms with E-state index in [1.807, 2.05) is 30.3 Å². The highest BCUT2D eigenvalue weighted by Gasteiger charge is 2.16. The second kappa shape index (κ2) is 7.73. The zero-order chi connectivity index (χ0) is 16.8. The van der Waals surface area contributed by atoms with Crippen molar-refractivity contribution in [2.45, 2.75) is 12.3 Å². The summed E-state index contributed by atoms with van der Waals surface area (Å²) in [7, 11) is 0.197. The Kier molecular flexibility index (Phi) is 5.70. The fourth-order valence-electron chi connectivity index (χ4n) is 1.97. The number of nitrogens with zero attached hydrogens (tertiary/aromatic N) is 1. The van der Waals surface area contributed by atoms with Gasteiger partial charge in [0.05, 0.1) is 5.75 Å². The maximum absolute atomic E-state index is 12.1. The fraction of sp³-hybridized carbons (Fsp3) is 0.250. The first kappa shape index (κ1) is 17.0. The van der Waals surface area contributed by atoms with E-state index in [2.05, 4.69) is 0 Å². The summed E-state index contributed by atoms with van der Waals surface area (Å²) < 4.78 is 17.1. The number of amides is 1. The second-order valence-electron chi connectivity index (χ2n) is 5.04. The first-order valence-corrected chi connectivity index (χ1v) is 8.39. The summed E-state index contributed by atoms with van der Waals surface area (Å²) in [4.78, 5) is 24.3. The zero-order valence-corrected chi connectivity index (χ0v) is 13.4. The molecule has 0 fully saturated rings. The Morgan fingerprint density at radius 2 is 1.87 bits per heavy atom. The van der Waals surface area contributed by atoms with Gasteiger partial charge < -0.3 is 14.4 Å². The minimum Gasteiger partial charge on any atom is -0.475 e. The van der Waals surface area contributed by atoms with Gasteiger partial charge in [-0.05, 0) is 17.7 Å². The van der Waals surface area contributed by atoms with Crippen LogP contribution < -0.4 is 0 Å². The smallest absolute Gasteiger partial charge is 0.371 e. The average Bonchev–Trinajstić information content (AvgIpc) is 2.96. The van der Waals surface area contributed by atoms with Gasteiger partial charge in [-0.2, -0.15) is 0 Å². The minimum absolute atomic E-state index is 0.0121. The van der Waals surface area contributed by atoms with Crippen molar-refractivity contribution in [3.63, 3.8) is 0 Å². The number of aromatic carboxylic acids is 1. The van der Waals surface area contributed by atoms with Crippen molar-refractivity contribution in [1.82, 2.24) is 4.90 Å². The fourth-order valence-corrected chi connectivity index (χ4v) is 3.04. The molecule has 7 heteroatoms. The minimum atomic E-state index is -1.46. The van der Waals surface area contributed by atoms with Gasteiger partial charge in [0.25, 0.3) is 0 Å². The topological polar surface area (TPSA) is 87.8 Å². The molecule has 0 aliphatic heterocycles. The number of carboxylic acid groups (broad SMARTS) is 1. The van der Waals surface area contributed by atoms with Gasteiger partial charge in [-0.15, -0.1) is 0 Å². The van der Waals surface area contributed by atoms with Gasteiger partial charge >= 0.3 is 5.97 Å². The third kappa shape index (κ3) is 5.07. The van der Waals surface area contributed by atoms with E-state index >= 15 is 0 Å². The molecule has 0 spiro atoms. The van der Waals surface area contributed by atoms with E-state index in [1.165, 1.54) is 17.0 Å². The Bertz CT molecular complexity index is 710. The highest BCUT2D eigenvalue weighted by atomic mass is 32.2. The van der Waals surface area contributed by atoms with Crippen molar-refractivity contribution in [1.29, 1.82) is 0 Å². The molecule has 2 rings (SSSR count). The van der Waals surface area contributed by atoms with E-state index in [0.717, 1.165) is 5.56 Å². The molecule has 1 unspecified atom stereocenters. The lowest BCUT2D eigenvalue weighted by Gasteiger charge is -2.16. The number of carbonyl (C=O) groups excluding carboxylic acids is 1. The van der Waals surface area contributed by atoms with Gasteiger partial charge in [0.2, 0.25) is 11.7 Å². The molecule has 1 N–H and O–H groups in total. The molecular weight excluding hydrogens is 318 g/mol. The Morgan fingerprint density at radius 1 is 1.17 bits per heavy atom. The molecular formula is C16H17NO5S. The average molecular weight is 335 g/mol. The summed E-state index contributed by atoms with van der Waals surface area (Å²) in [6, 6.07) is 12.3. The van der Waals surface area contributed by atoms with Crippen LogP contribution in [-0.4, -0.2) is 38.9 Å². The van der Waals surface area contributed by atoms with Crippen LogP contribution in [0.15, 0.2) is 46.9 Å². The summed E-state index contributed by atoms with van der Waals surface area (Å²) >= 11 is 0. The van der Waals surface area contributed by atoms with Crippen LogP contribution in [0, 0.1) is 0 Å². The predicted molar refractivity (Wildman–Crippen MR) is 85.3 cm³/mol. The predicted octanol–water partition coefficient (Wildman–Crippen LogP) is 1.89. The normalized spacial score (nSPS) is 11.9. The quantitative estimate of drug-likeness (QED) is 0.835. The summed E-state index contributed by atoms with van der Waals surface area (Å²) in [5, 5.41) is 8.76. The molecule has 0 saturated heterocycles. The number of furan rings is 1. The lowest BCUT2D eigenvalue weighted by atomic mass is 10.2. The van der Waals surface area contributed by atoms with Crippen molar-refractivity contribution in [2.24, 2.45) is 0 Å². The second-order valence-corrected chi connectivity index (χ2v) is 6.49. The van der Waals surface area contributed by atoms with Crippen molar-refractivity contribution in [2.75, 3.05) is 12.8 Å². The molecule has 0 saturated carbocycles. The molecule has 0 bridgehead atoms. The third-order valence-electron chi connectivity index (χ3n) is 3.15. The van der Waals surface area contributed by atoms with E-state index in [4.69, 9.17) is 9.52 Å². The largest absolute Gasteiger partial charge is 0.475 e. The number of rotatable bonds is 7. The molecule has 6 nitrogen and oxygen atoms in total. The Hall–Kier alpha value is -2.41. The molecule has 1 amide bonds. The van der Waals surface area contributed by atoms with E-state index < -0.39 is 16.8 Å². The maximum Gasteiger partial charge on any atom is 0.371 e.